The van der Waals surface area contributed by atoms with Crippen molar-refractivity contribution in [1.82, 2.24) is 10.7 Å². The van der Waals surface area contributed by atoms with Crippen molar-refractivity contribution in [2.24, 2.45) is 5.10 Å². The van der Waals surface area contributed by atoms with Crippen LogP contribution in [0.15, 0.2) is 23.3 Å². The highest BCUT2D eigenvalue weighted by Gasteiger charge is 2.13. The van der Waals surface area contributed by atoms with Crippen molar-refractivity contribution in [2.75, 3.05) is 13.7 Å². The van der Waals surface area contributed by atoms with E-state index < -0.39 is 0 Å². The second-order valence-electron chi connectivity index (χ2n) is 6.29. The van der Waals surface area contributed by atoms with Crippen LogP contribution in [0.2, 0.25) is 0 Å². The molecule has 1 saturated carbocycles. The maximum Gasteiger partial charge on any atom is 0.187 e. The SMILES string of the molecule is CCCCOc1ccc(/C=N/NC(=S)NC2CCCCC2)cc1OC. The summed E-state index contributed by atoms with van der Waals surface area (Å²) in [4.78, 5) is 0. The molecule has 0 bridgehead atoms. The van der Waals surface area contributed by atoms with Crippen molar-refractivity contribution in [3.8, 4) is 11.5 Å². The molecule has 2 rings (SSSR count). The van der Waals surface area contributed by atoms with Crippen LogP contribution in [0.4, 0.5) is 0 Å². The molecule has 0 heterocycles. The van der Waals surface area contributed by atoms with Gasteiger partial charge in [0.05, 0.1) is 19.9 Å². The Balaban J connectivity index is 1.83. The molecule has 0 amide bonds. The van der Waals surface area contributed by atoms with Gasteiger partial charge in [0, 0.05) is 6.04 Å². The summed E-state index contributed by atoms with van der Waals surface area (Å²) in [6.07, 6.45) is 10.1. The first-order chi connectivity index (χ1) is 12.2. The molecule has 0 spiro atoms. The minimum absolute atomic E-state index is 0.476. The molecular formula is C19H29N3O2S. The summed E-state index contributed by atoms with van der Waals surface area (Å²) in [7, 11) is 1.64. The van der Waals surface area contributed by atoms with E-state index in [1.165, 1.54) is 32.1 Å². The zero-order valence-electron chi connectivity index (χ0n) is 15.2. The van der Waals surface area contributed by atoms with Gasteiger partial charge in [-0.05, 0) is 55.2 Å². The minimum atomic E-state index is 0.476. The first-order valence-corrected chi connectivity index (χ1v) is 9.54. The Hall–Kier alpha value is -1.82. The molecule has 1 aliphatic rings. The molecule has 0 unspecified atom stereocenters. The fourth-order valence-electron chi connectivity index (χ4n) is 2.84. The highest BCUT2D eigenvalue weighted by atomic mass is 32.1. The molecule has 1 aliphatic carbocycles. The van der Waals surface area contributed by atoms with Crippen molar-refractivity contribution >= 4 is 23.5 Å². The Bertz CT molecular complexity index is 572. The average Bonchev–Trinajstić information content (AvgIpc) is 2.63. The molecule has 1 aromatic rings. The number of methoxy groups -OCH3 is 1. The van der Waals surface area contributed by atoms with Crippen LogP contribution in [0.5, 0.6) is 11.5 Å². The molecule has 0 aliphatic heterocycles. The van der Waals surface area contributed by atoms with Gasteiger partial charge in [0.15, 0.2) is 16.6 Å². The van der Waals surface area contributed by atoms with E-state index in [-0.39, 0.29) is 0 Å². The highest BCUT2D eigenvalue weighted by Crippen LogP contribution is 2.27. The lowest BCUT2D eigenvalue weighted by Gasteiger charge is -2.23. The summed E-state index contributed by atoms with van der Waals surface area (Å²) in [6.45, 7) is 2.84. The fraction of sp³-hybridized carbons (Fsp3) is 0.579. The monoisotopic (exact) mass is 363 g/mol. The Morgan fingerprint density at radius 3 is 2.80 bits per heavy atom. The van der Waals surface area contributed by atoms with Crippen LogP contribution in [-0.4, -0.2) is 31.1 Å². The number of nitrogens with zero attached hydrogens (tertiary/aromatic N) is 1. The van der Waals surface area contributed by atoms with E-state index in [1.807, 2.05) is 18.2 Å². The van der Waals surface area contributed by atoms with Crippen LogP contribution >= 0.6 is 12.2 Å². The predicted molar refractivity (Wildman–Crippen MR) is 107 cm³/mol. The Labute approximate surface area is 156 Å². The maximum atomic E-state index is 5.73. The van der Waals surface area contributed by atoms with E-state index in [1.54, 1.807) is 13.3 Å². The van der Waals surface area contributed by atoms with Gasteiger partial charge in [0.25, 0.3) is 0 Å². The third-order valence-electron chi connectivity index (χ3n) is 4.26. The van der Waals surface area contributed by atoms with Gasteiger partial charge in [-0.25, -0.2) is 0 Å². The van der Waals surface area contributed by atoms with Gasteiger partial charge in [-0.3, -0.25) is 5.43 Å². The number of unbranched alkanes of at least 4 members (excludes halogenated alkanes) is 1. The molecule has 6 heteroatoms. The molecule has 5 nitrogen and oxygen atoms in total. The number of hydrazone groups is 1. The third kappa shape index (κ3) is 6.90. The number of ether oxygens (including phenoxy) is 2. The molecule has 0 atom stereocenters. The van der Waals surface area contributed by atoms with Gasteiger partial charge in [0.2, 0.25) is 0 Å². The van der Waals surface area contributed by atoms with Crippen LogP contribution in [0.1, 0.15) is 57.4 Å². The predicted octanol–water partition coefficient (Wildman–Crippen LogP) is 4.00. The lowest BCUT2D eigenvalue weighted by molar-refractivity contribution is 0.288. The molecular weight excluding hydrogens is 334 g/mol. The summed E-state index contributed by atoms with van der Waals surface area (Å²) in [6, 6.07) is 6.24. The van der Waals surface area contributed by atoms with E-state index >= 15 is 0 Å². The van der Waals surface area contributed by atoms with Crippen molar-refractivity contribution in [3.63, 3.8) is 0 Å². The number of hydrogen-bond acceptors (Lipinski definition) is 4. The smallest absolute Gasteiger partial charge is 0.187 e. The first-order valence-electron chi connectivity index (χ1n) is 9.13. The van der Waals surface area contributed by atoms with Crippen molar-refractivity contribution in [3.05, 3.63) is 23.8 Å². The van der Waals surface area contributed by atoms with Gasteiger partial charge in [-0.15, -0.1) is 0 Å². The van der Waals surface area contributed by atoms with Gasteiger partial charge in [0.1, 0.15) is 0 Å². The number of hydrogen-bond donors (Lipinski definition) is 2. The minimum Gasteiger partial charge on any atom is -0.493 e. The van der Waals surface area contributed by atoms with Crippen molar-refractivity contribution in [2.45, 2.75) is 57.9 Å². The lowest BCUT2D eigenvalue weighted by Crippen LogP contribution is -2.40. The van der Waals surface area contributed by atoms with Gasteiger partial charge in [-0.1, -0.05) is 32.6 Å². The second-order valence-corrected chi connectivity index (χ2v) is 6.70. The standard InChI is InChI=1S/C19H29N3O2S/c1-3-4-12-24-17-11-10-15(13-18(17)23-2)14-20-22-19(25)21-16-8-6-5-7-9-16/h10-11,13-14,16H,3-9,12H2,1-2H3,(H2,21,22,25)/b20-14+. The third-order valence-corrected chi connectivity index (χ3v) is 4.47. The van der Waals surface area contributed by atoms with Gasteiger partial charge < -0.3 is 14.8 Å². The zero-order chi connectivity index (χ0) is 17.9. The fourth-order valence-corrected chi connectivity index (χ4v) is 3.06. The summed E-state index contributed by atoms with van der Waals surface area (Å²) in [5.41, 5.74) is 3.81. The van der Waals surface area contributed by atoms with E-state index in [9.17, 15) is 0 Å². The molecule has 0 saturated heterocycles. The van der Waals surface area contributed by atoms with Gasteiger partial charge in [-0.2, -0.15) is 5.10 Å². The van der Waals surface area contributed by atoms with E-state index in [4.69, 9.17) is 21.7 Å². The van der Waals surface area contributed by atoms with Gasteiger partial charge >= 0.3 is 0 Å². The van der Waals surface area contributed by atoms with E-state index in [2.05, 4.69) is 22.8 Å². The molecule has 1 aromatic carbocycles. The molecule has 0 aromatic heterocycles. The quantitative estimate of drug-likeness (QED) is 0.316. The first kappa shape index (κ1) is 19.5. The zero-order valence-corrected chi connectivity index (χ0v) is 16.0. The normalized spacial score (nSPS) is 15.1. The van der Waals surface area contributed by atoms with E-state index in [0.29, 0.717) is 23.5 Å². The van der Waals surface area contributed by atoms with E-state index in [0.717, 1.165) is 24.2 Å². The summed E-state index contributed by atoms with van der Waals surface area (Å²) < 4.78 is 11.1. The molecule has 138 valence electrons. The second kappa shape index (κ2) is 10.9. The summed E-state index contributed by atoms with van der Waals surface area (Å²) in [5, 5.41) is 8.12. The number of rotatable bonds is 8. The largest absolute Gasteiger partial charge is 0.493 e. The average molecular weight is 364 g/mol. The Morgan fingerprint density at radius 2 is 2.08 bits per heavy atom. The summed E-state index contributed by atoms with van der Waals surface area (Å²) in [5.74, 6) is 1.47. The number of nitrogens with one attached hydrogen (secondary N) is 2. The van der Waals surface area contributed by atoms with Crippen LogP contribution in [0.3, 0.4) is 0 Å². The highest BCUT2D eigenvalue weighted by molar-refractivity contribution is 7.80. The molecule has 0 radical (unpaired) electrons. The number of benzene rings is 1. The Kier molecular flexibility index (Phi) is 8.52. The Morgan fingerprint density at radius 1 is 1.28 bits per heavy atom. The molecule has 1 fully saturated rings. The number of thiocarbonyl (C=S) groups is 1. The van der Waals surface area contributed by atoms with Crippen LogP contribution in [0.25, 0.3) is 0 Å². The van der Waals surface area contributed by atoms with Crippen LogP contribution < -0.4 is 20.2 Å². The van der Waals surface area contributed by atoms with Crippen molar-refractivity contribution < 1.29 is 9.47 Å². The van der Waals surface area contributed by atoms with Crippen LogP contribution in [-0.2, 0) is 0 Å². The summed E-state index contributed by atoms with van der Waals surface area (Å²) >= 11 is 5.30. The topological polar surface area (TPSA) is 54.9 Å². The van der Waals surface area contributed by atoms with Crippen LogP contribution in [0, 0.1) is 0 Å². The van der Waals surface area contributed by atoms with Crippen molar-refractivity contribution in [1.29, 1.82) is 0 Å². The molecule has 2 N–H and O–H groups in total. The maximum absolute atomic E-state index is 5.73. The molecule has 25 heavy (non-hydrogen) atoms. The lowest BCUT2D eigenvalue weighted by atomic mass is 9.96.